The number of piperidine rings is 1. The van der Waals surface area contributed by atoms with Crippen molar-refractivity contribution in [1.82, 2.24) is 24.3 Å². The van der Waals surface area contributed by atoms with Crippen LogP contribution in [0, 0.1) is 17.2 Å². The lowest BCUT2D eigenvalue weighted by atomic mass is 9.92. The minimum absolute atomic E-state index is 0.0481. The first-order valence-corrected chi connectivity index (χ1v) is 16.1. The molecule has 2 saturated heterocycles. The third-order valence-corrected chi connectivity index (χ3v) is 9.01. The molecule has 2 aromatic heterocycles. The monoisotopic (exact) mass is 675 g/mol. The van der Waals surface area contributed by atoms with Crippen LogP contribution < -0.4 is 9.64 Å². The van der Waals surface area contributed by atoms with Crippen molar-refractivity contribution in [2.24, 2.45) is 5.92 Å². The Balaban J connectivity index is 1.32. The van der Waals surface area contributed by atoms with E-state index in [0.29, 0.717) is 41.3 Å². The number of benzene rings is 1. The van der Waals surface area contributed by atoms with Crippen LogP contribution in [0.25, 0.3) is 11.0 Å². The zero-order valence-corrected chi connectivity index (χ0v) is 28.3. The fraction of sp³-hybridized carbons (Fsp3) is 0.500. The molecular formula is C34H41N7O8. The Bertz CT molecular complexity index is 1740. The molecule has 4 heterocycles. The van der Waals surface area contributed by atoms with Crippen LogP contribution in [-0.4, -0.2) is 107 Å². The first-order chi connectivity index (χ1) is 23.5. The maximum atomic E-state index is 13.8. The van der Waals surface area contributed by atoms with Crippen molar-refractivity contribution in [3.63, 3.8) is 0 Å². The number of para-hydroxylation sites is 1. The molecule has 260 valence electrons. The number of ether oxygens (including phenoxy) is 4. The van der Waals surface area contributed by atoms with Gasteiger partial charge in [0.25, 0.3) is 0 Å². The van der Waals surface area contributed by atoms with E-state index in [1.807, 2.05) is 30.1 Å². The van der Waals surface area contributed by atoms with Gasteiger partial charge in [-0.1, -0.05) is 25.1 Å². The van der Waals surface area contributed by atoms with Gasteiger partial charge in [0.05, 0.1) is 31.2 Å². The van der Waals surface area contributed by atoms with Crippen molar-refractivity contribution < 1.29 is 38.1 Å². The number of esters is 2. The highest BCUT2D eigenvalue weighted by Crippen LogP contribution is 2.31. The van der Waals surface area contributed by atoms with Crippen molar-refractivity contribution in [2.75, 3.05) is 39.2 Å². The largest absolute Gasteiger partial charge is 0.467 e. The normalized spacial score (nSPS) is 22.1. The van der Waals surface area contributed by atoms with E-state index in [-0.39, 0.29) is 49.7 Å². The molecule has 0 bridgehead atoms. The third kappa shape index (κ3) is 7.92. The average Bonchev–Trinajstić information content (AvgIpc) is 3.52. The van der Waals surface area contributed by atoms with Crippen LogP contribution in [0.15, 0.2) is 42.9 Å². The molecule has 2 amide bonds. The smallest absolute Gasteiger partial charge is 0.335 e. The number of methoxy groups -OCH3 is 1. The van der Waals surface area contributed by atoms with Crippen LogP contribution in [0.3, 0.4) is 0 Å². The first kappa shape index (κ1) is 35.1. The summed E-state index contributed by atoms with van der Waals surface area (Å²) < 4.78 is 23.7. The maximum Gasteiger partial charge on any atom is 0.335 e. The number of likely N-dealkylation sites (N-methyl/N-ethyl adjacent to an activating group) is 1. The fourth-order valence-corrected chi connectivity index (χ4v) is 6.42. The minimum atomic E-state index is -0.969. The second-order valence-corrected chi connectivity index (χ2v) is 12.4. The van der Waals surface area contributed by atoms with Gasteiger partial charge in [0.15, 0.2) is 11.8 Å². The van der Waals surface area contributed by atoms with Gasteiger partial charge >= 0.3 is 18.0 Å². The number of amides is 2. The number of rotatable bonds is 9. The summed E-state index contributed by atoms with van der Waals surface area (Å²) in [7, 11) is 4.84. The molecule has 0 spiro atoms. The number of nitrogens with zero attached hydrogens (tertiary/aromatic N) is 7. The minimum Gasteiger partial charge on any atom is -0.467 e. The van der Waals surface area contributed by atoms with E-state index in [1.165, 1.54) is 29.8 Å². The molecular weight excluding hydrogens is 634 g/mol. The van der Waals surface area contributed by atoms with Crippen LogP contribution in [-0.2, 0) is 35.1 Å². The molecule has 1 aromatic carbocycles. The Morgan fingerprint density at radius 2 is 1.90 bits per heavy atom. The maximum absolute atomic E-state index is 13.8. The molecule has 0 saturated carbocycles. The van der Waals surface area contributed by atoms with Crippen molar-refractivity contribution >= 4 is 40.7 Å². The van der Waals surface area contributed by atoms with E-state index in [4.69, 9.17) is 24.2 Å². The summed E-state index contributed by atoms with van der Waals surface area (Å²) in [5, 5.41) is 9.69. The standard InChI is InChI=1S/C34H41N7O8/c1-21-11-14-40(29(43)10-13-35)19-26(21)39(4)31-25-12-15-41(32(25)37-20-36-31)34(45)38(3)18-23-8-6-7-9-27(23)48-30-17-24(47-22(2)42)16-28(49-30)33(44)46-5/h6-9,12,15,20-21,24,26,28,30H,10-11,14,16-19H2,1-5H3/t21-,24+,26+,28+,30-/m1/s1. The molecule has 2 fully saturated rings. The highest BCUT2D eigenvalue weighted by Gasteiger charge is 2.38. The zero-order valence-electron chi connectivity index (χ0n) is 28.3. The van der Waals surface area contributed by atoms with Gasteiger partial charge in [0.2, 0.25) is 12.2 Å². The molecule has 49 heavy (non-hydrogen) atoms. The molecule has 15 nitrogen and oxygen atoms in total. The molecule has 3 aromatic rings. The number of hydrogen-bond donors (Lipinski definition) is 0. The molecule has 5 atom stereocenters. The van der Waals surface area contributed by atoms with Crippen molar-refractivity contribution in [3.05, 3.63) is 48.4 Å². The number of fused-ring (bicyclic) bond motifs is 1. The predicted octanol–water partition coefficient (Wildman–Crippen LogP) is 3.11. The van der Waals surface area contributed by atoms with E-state index >= 15 is 0 Å². The summed E-state index contributed by atoms with van der Waals surface area (Å²) in [5.41, 5.74) is 1.11. The summed E-state index contributed by atoms with van der Waals surface area (Å²) in [4.78, 5) is 64.5. The van der Waals surface area contributed by atoms with Crippen LogP contribution >= 0.6 is 0 Å². The zero-order chi connectivity index (χ0) is 35.2. The summed E-state index contributed by atoms with van der Waals surface area (Å²) in [6.45, 7) is 4.67. The number of nitriles is 1. The number of carbonyl (C=O) groups is 4. The number of aromatic nitrogens is 3. The lowest BCUT2D eigenvalue weighted by Gasteiger charge is -2.42. The molecule has 15 heteroatoms. The van der Waals surface area contributed by atoms with Gasteiger partial charge in [0.1, 0.15) is 30.4 Å². The number of carbonyl (C=O) groups excluding carboxylic acids is 4. The van der Waals surface area contributed by atoms with Crippen molar-refractivity contribution in [3.8, 4) is 11.8 Å². The summed E-state index contributed by atoms with van der Waals surface area (Å²) in [6, 6.07) is 10.5. The number of likely N-dealkylation sites (tertiary alicyclic amines) is 1. The second-order valence-electron chi connectivity index (χ2n) is 12.4. The highest BCUT2D eigenvalue weighted by molar-refractivity contribution is 5.95. The Hall–Kier alpha value is -5.23. The fourth-order valence-electron chi connectivity index (χ4n) is 6.42. The van der Waals surface area contributed by atoms with Gasteiger partial charge in [-0.2, -0.15) is 5.26 Å². The van der Waals surface area contributed by atoms with Gasteiger partial charge in [-0.3, -0.25) is 14.2 Å². The SMILES string of the molecule is COC(=O)[C@@H]1C[C@H](OC(C)=O)C[C@H](Oc2ccccc2CN(C)C(=O)n2ccc3c(N(C)[C@H]4CN(C(=O)CC#N)CC[C@H]4C)ncnc32)O1. The predicted molar refractivity (Wildman–Crippen MR) is 175 cm³/mol. The third-order valence-electron chi connectivity index (χ3n) is 9.01. The lowest BCUT2D eigenvalue weighted by molar-refractivity contribution is -0.204. The highest BCUT2D eigenvalue weighted by atomic mass is 16.7. The van der Waals surface area contributed by atoms with Crippen LogP contribution in [0.2, 0.25) is 0 Å². The van der Waals surface area contributed by atoms with Crippen molar-refractivity contribution in [2.45, 2.75) is 70.6 Å². The molecule has 2 aliphatic heterocycles. The van der Waals surface area contributed by atoms with E-state index < -0.39 is 30.4 Å². The second kappa shape index (κ2) is 15.3. The molecule has 5 rings (SSSR count). The molecule has 0 unspecified atom stereocenters. The summed E-state index contributed by atoms with van der Waals surface area (Å²) in [6.07, 6.45) is 1.59. The first-order valence-electron chi connectivity index (χ1n) is 16.1. The van der Waals surface area contributed by atoms with E-state index in [0.717, 1.165) is 6.42 Å². The molecule has 0 radical (unpaired) electrons. The number of anilines is 1. The molecule has 0 aliphatic carbocycles. The quantitative estimate of drug-likeness (QED) is 0.304. The molecule has 2 aliphatic rings. The van der Waals surface area contributed by atoms with Crippen LogP contribution in [0.1, 0.15) is 45.1 Å². The number of hydrogen-bond acceptors (Lipinski definition) is 12. The van der Waals surface area contributed by atoms with Gasteiger partial charge in [-0.25, -0.2) is 19.6 Å². The van der Waals surface area contributed by atoms with Gasteiger partial charge in [-0.15, -0.1) is 0 Å². The Morgan fingerprint density at radius 3 is 2.63 bits per heavy atom. The Morgan fingerprint density at radius 1 is 1.12 bits per heavy atom. The van der Waals surface area contributed by atoms with Crippen molar-refractivity contribution in [1.29, 1.82) is 5.26 Å². The van der Waals surface area contributed by atoms with E-state index in [2.05, 4.69) is 16.9 Å². The Labute approximate surface area is 284 Å². The molecule has 0 N–H and O–H groups in total. The van der Waals surface area contributed by atoms with E-state index in [1.54, 1.807) is 36.3 Å². The van der Waals surface area contributed by atoms with Crippen LogP contribution in [0.5, 0.6) is 5.75 Å². The Kier molecular flexibility index (Phi) is 11.0. The van der Waals surface area contributed by atoms with E-state index in [9.17, 15) is 19.2 Å². The van der Waals surface area contributed by atoms with Crippen LogP contribution in [0.4, 0.5) is 10.6 Å². The average molecular weight is 676 g/mol. The summed E-state index contributed by atoms with van der Waals surface area (Å²) >= 11 is 0. The van der Waals surface area contributed by atoms with Gasteiger partial charge in [0, 0.05) is 58.7 Å². The topological polar surface area (TPSA) is 169 Å². The lowest BCUT2D eigenvalue weighted by Crippen LogP contribution is -2.52. The van der Waals surface area contributed by atoms with Gasteiger partial charge in [-0.05, 0) is 24.5 Å². The van der Waals surface area contributed by atoms with Gasteiger partial charge < -0.3 is 33.6 Å². The summed E-state index contributed by atoms with van der Waals surface area (Å²) in [5.74, 6) is 0.0736.